The van der Waals surface area contributed by atoms with Gasteiger partial charge in [-0.3, -0.25) is 4.79 Å². The van der Waals surface area contributed by atoms with Gasteiger partial charge in [0, 0.05) is 23.1 Å². The number of para-hydroxylation sites is 2. The summed E-state index contributed by atoms with van der Waals surface area (Å²) in [5.74, 6) is -0.714. The number of fused-ring (bicyclic) bond motifs is 2. The molecule has 1 N–H and O–H groups in total. The van der Waals surface area contributed by atoms with E-state index in [9.17, 15) is 9.59 Å². The Morgan fingerprint density at radius 2 is 1.88 bits per heavy atom. The smallest absolute Gasteiger partial charge is 0.355 e. The average Bonchev–Trinajstić information content (AvgIpc) is 3.11. The van der Waals surface area contributed by atoms with Crippen molar-refractivity contribution in [1.82, 2.24) is 4.98 Å². The number of aromatic amines is 1. The number of nitrogens with zero attached hydrogens (tertiary/aromatic N) is 1. The van der Waals surface area contributed by atoms with Crippen molar-refractivity contribution in [2.45, 2.75) is 25.9 Å². The van der Waals surface area contributed by atoms with E-state index < -0.39 is 12.1 Å². The van der Waals surface area contributed by atoms with Gasteiger partial charge in [-0.2, -0.15) is 0 Å². The number of benzene rings is 2. The van der Waals surface area contributed by atoms with Gasteiger partial charge in [0.2, 0.25) is 0 Å². The molecule has 132 valence electrons. The molecule has 1 aliphatic heterocycles. The lowest BCUT2D eigenvalue weighted by atomic mass is 10.0. The van der Waals surface area contributed by atoms with Gasteiger partial charge in [0.1, 0.15) is 5.69 Å². The molecule has 0 bridgehead atoms. The van der Waals surface area contributed by atoms with E-state index >= 15 is 0 Å². The van der Waals surface area contributed by atoms with Crippen molar-refractivity contribution in [1.29, 1.82) is 0 Å². The van der Waals surface area contributed by atoms with Gasteiger partial charge in [-0.1, -0.05) is 36.4 Å². The predicted octanol–water partition coefficient (Wildman–Crippen LogP) is 3.69. The first-order valence-electron chi connectivity index (χ1n) is 8.81. The summed E-state index contributed by atoms with van der Waals surface area (Å²) >= 11 is 0. The summed E-state index contributed by atoms with van der Waals surface area (Å²) in [5.41, 5.74) is 3.28. The highest BCUT2D eigenvalue weighted by Crippen LogP contribution is 2.27. The van der Waals surface area contributed by atoms with Crippen molar-refractivity contribution < 1.29 is 14.3 Å². The number of amides is 1. The number of hydrogen-bond donors (Lipinski definition) is 1. The summed E-state index contributed by atoms with van der Waals surface area (Å²) in [6.45, 7) is 2.27. The fourth-order valence-electron chi connectivity index (χ4n) is 3.44. The number of aromatic nitrogens is 1. The summed E-state index contributed by atoms with van der Waals surface area (Å²) in [6, 6.07) is 17.2. The van der Waals surface area contributed by atoms with Crippen LogP contribution in [0.4, 0.5) is 5.69 Å². The molecule has 0 saturated heterocycles. The number of ether oxygens (including phenoxy) is 1. The molecule has 0 fully saturated rings. The van der Waals surface area contributed by atoms with Crippen molar-refractivity contribution in [2.24, 2.45) is 0 Å². The van der Waals surface area contributed by atoms with Crippen LogP contribution in [0.1, 0.15) is 29.4 Å². The molecule has 0 aliphatic carbocycles. The Balaban J connectivity index is 1.50. The maximum Gasteiger partial charge on any atom is 0.355 e. The van der Waals surface area contributed by atoms with Crippen LogP contribution < -0.4 is 4.90 Å². The van der Waals surface area contributed by atoms with Crippen LogP contribution in [0.3, 0.4) is 0 Å². The third-order valence-corrected chi connectivity index (χ3v) is 4.76. The zero-order chi connectivity index (χ0) is 18.1. The molecule has 0 radical (unpaired) electrons. The number of rotatable bonds is 3. The van der Waals surface area contributed by atoms with Gasteiger partial charge in [0.15, 0.2) is 6.10 Å². The minimum atomic E-state index is -0.847. The van der Waals surface area contributed by atoms with Crippen molar-refractivity contribution in [2.75, 3.05) is 11.4 Å². The van der Waals surface area contributed by atoms with Crippen LogP contribution in [0.15, 0.2) is 54.6 Å². The highest BCUT2D eigenvalue weighted by Gasteiger charge is 2.28. The highest BCUT2D eigenvalue weighted by atomic mass is 16.5. The van der Waals surface area contributed by atoms with Gasteiger partial charge in [-0.25, -0.2) is 4.79 Å². The number of carbonyl (C=O) groups excluding carboxylic acids is 2. The normalized spacial score (nSPS) is 14.7. The molecule has 5 heteroatoms. The largest absolute Gasteiger partial charge is 0.448 e. The molecule has 26 heavy (non-hydrogen) atoms. The number of nitrogens with one attached hydrogen (secondary N) is 1. The minimum absolute atomic E-state index is 0.193. The molecule has 1 aromatic heterocycles. The van der Waals surface area contributed by atoms with E-state index in [1.165, 1.54) is 0 Å². The maximum atomic E-state index is 12.8. The van der Waals surface area contributed by atoms with Gasteiger partial charge < -0.3 is 14.6 Å². The lowest BCUT2D eigenvalue weighted by Gasteiger charge is -2.31. The fraction of sp³-hybridized carbons (Fsp3) is 0.238. The summed E-state index contributed by atoms with van der Waals surface area (Å²) in [5, 5.41) is 0.934. The third kappa shape index (κ3) is 2.96. The van der Waals surface area contributed by atoms with Crippen LogP contribution in [0.5, 0.6) is 0 Å². The Hall–Kier alpha value is -3.08. The Kier molecular flexibility index (Phi) is 4.21. The van der Waals surface area contributed by atoms with E-state index in [0.29, 0.717) is 12.2 Å². The maximum absolute atomic E-state index is 12.8. The topological polar surface area (TPSA) is 62.4 Å². The monoisotopic (exact) mass is 348 g/mol. The number of hydrogen-bond acceptors (Lipinski definition) is 3. The molecule has 1 atom stereocenters. The van der Waals surface area contributed by atoms with Crippen LogP contribution in [0, 0.1) is 0 Å². The SMILES string of the molecule is CC(OC(=O)c1cc2ccccc2[nH]1)C(=O)N1CCCc2ccccc21. The predicted molar refractivity (Wildman–Crippen MR) is 100 cm³/mol. The Bertz CT molecular complexity index is 943. The number of carbonyl (C=O) groups is 2. The molecule has 3 aromatic rings. The quantitative estimate of drug-likeness (QED) is 0.734. The van der Waals surface area contributed by atoms with Gasteiger partial charge in [-0.15, -0.1) is 0 Å². The van der Waals surface area contributed by atoms with Crippen LogP contribution in [0.2, 0.25) is 0 Å². The second-order valence-electron chi connectivity index (χ2n) is 6.54. The summed E-state index contributed by atoms with van der Waals surface area (Å²) in [7, 11) is 0. The number of esters is 1. The van der Waals surface area contributed by atoms with Crippen LogP contribution in [-0.2, 0) is 16.0 Å². The summed E-state index contributed by atoms with van der Waals surface area (Å²) in [6.07, 6.45) is 1.02. The van der Waals surface area contributed by atoms with Crippen LogP contribution in [-0.4, -0.2) is 29.5 Å². The Labute approximate surface area is 151 Å². The molecule has 5 nitrogen and oxygen atoms in total. The molecule has 1 amide bonds. The third-order valence-electron chi connectivity index (χ3n) is 4.76. The first-order chi connectivity index (χ1) is 12.6. The molecular formula is C21H20N2O3. The molecule has 2 heterocycles. The number of aryl methyl sites for hydroxylation is 1. The standard InChI is InChI=1S/C21H20N2O3/c1-14(20(24)23-12-6-9-15-7-3-5-11-19(15)23)26-21(25)18-13-16-8-2-4-10-17(16)22-18/h2-5,7-8,10-11,13-14,22H,6,9,12H2,1H3. The summed E-state index contributed by atoms with van der Waals surface area (Å²) < 4.78 is 5.43. The van der Waals surface area contributed by atoms with E-state index in [-0.39, 0.29) is 5.91 Å². The van der Waals surface area contributed by atoms with Gasteiger partial charge in [0.25, 0.3) is 5.91 Å². The Morgan fingerprint density at radius 3 is 2.73 bits per heavy atom. The first kappa shape index (κ1) is 16.4. The van der Waals surface area contributed by atoms with E-state index in [4.69, 9.17) is 4.74 Å². The highest BCUT2D eigenvalue weighted by molar-refractivity contribution is 6.00. The van der Waals surface area contributed by atoms with Crippen LogP contribution >= 0.6 is 0 Å². The molecule has 1 unspecified atom stereocenters. The van der Waals surface area contributed by atoms with Crippen LogP contribution in [0.25, 0.3) is 10.9 Å². The zero-order valence-electron chi connectivity index (χ0n) is 14.6. The first-order valence-corrected chi connectivity index (χ1v) is 8.81. The number of anilines is 1. The van der Waals surface area contributed by atoms with E-state index in [0.717, 1.165) is 35.0 Å². The average molecular weight is 348 g/mol. The fourth-order valence-corrected chi connectivity index (χ4v) is 3.44. The zero-order valence-corrected chi connectivity index (χ0v) is 14.6. The molecule has 4 rings (SSSR count). The molecule has 2 aromatic carbocycles. The van der Waals surface area contributed by atoms with Crippen molar-refractivity contribution >= 4 is 28.5 Å². The summed E-state index contributed by atoms with van der Waals surface area (Å²) in [4.78, 5) is 30.0. The van der Waals surface area contributed by atoms with E-state index in [1.807, 2.05) is 48.5 Å². The number of H-pyrrole nitrogens is 1. The minimum Gasteiger partial charge on any atom is -0.448 e. The van der Waals surface area contributed by atoms with Crippen molar-refractivity contribution in [3.8, 4) is 0 Å². The molecule has 1 aliphatic rings. The van der Waals surface area contributed by atoms with Gasteiger partial charge >= 0.3 is 5.97 Å². The van der Waals surface area contributed by atoms with E-state index in [2.05, 4.69) is 4.98 Å². The van der Waals surface area contributed by atoms with Crippen molar-refractivity contribution in [3.63, 3.8) is 0 Å². The lowest BCUT2D eigenvalue weighted by molar-refractivity contribution is -0.126. The second-order valence-corrected chi connectivity index (χ2v) is 6.54. The van der Waals surface area contributed by atoms with Gasteiger partial charge in [0.05, 0.1) is 0 Å². The lowest BCUT2D eigenvalue weighted by Crippen LogP contribution is -2.42. The van der Waals surface area contributed by atoms with Gasteiger partial charge in [-0.05, 0) is 43.5 Å². The molecule has 0 spiro atoms. The Morgan fingerprint density at radius 1 is 1.12 bits per heavy atom. The van der Waals surface area contributed by atoms with E-state index in [1.54, 1.807) is 17.9 Å². The van der Waals surface area contributed by atoms with Crippen molar-refractivity contribution in [3.05, 3.63) is 65.9 Å². The molecule has 0 saturated carbocycles. The second kappa shape index (κ2) is 6.67. The molecular weight excluding hydrogens is 328 g/mol.